The summed E-state index contributed by atoms with van der Waals surface area (Å²) in [5.41, 5.74) is 0. The van der Waals surface area contributed by atoms with Crippen LogP contribution in [0.5, 0.6) is 11.5 Å². The summed E-state index contributed by atoms with van der Waals surface area (Å²) in [7, 11) is 0. The van der Waals surface area contributed by atoms with E-state index in [1.165, 1.54) is 25.7 Å². The van der Waals surface area contributed by atoms with Gasteiger partial charge in [0.2, 0.25) is 0 Å². The van der Waals surface area contributed by atoms with Gasteiger partial charge < -0.3 is 9.47 Å². The molecular formula is C30H38O4. The third-order valence-corrected chi connectivity index (χ3v) is 6.21. The molecule has 0 saturated carbocycles. The van der Waals surface area contributed by atoms with E-state index in [-0.39, 0.29) is 11.9 Å². The first kappa shape index (κ1) is 25.7. The van der Waals surface area contributed by atoms with E-state index in [1.807, 2.05) is 30.3 Å². The first-order valence-electron chi connectivity index (χ1n) is 13.0. The maximum absolute atomic E-state index is 12.7. The van der Waals surface area contributed by atoms with E-state index in [0.717, 1.165) is 60.1 Å². The molecule has 0 aliphatic rings. The Morgan fingerprint density at radius 2 is 1.18 bits per heavy atom. The van der Waals surface area contributed by atoms with Crippen molar-refractivity contribution >= 4 is 33.5 Å². The minimum absolute atomic E-state index is 0.283. The number of ether oxygens (including phenoxy) is 2. The average molecular weight is 463 g/mol. The highest BCUT2D eigenvalue weighted by molar-refractivity contribution is 6.03. The van der Waals surface area contributed by atoms with E-state index in [2.05, 4.69) is 26.0 Å². The van der Waals surface area contributed by atoms with Gasteiger partial charge in [-0.25, -0.2) is 0 Å². The van der Waals surface area contributed by atoms with Gasteiger partial charge in [-0.3, -0.25) is 9.59 Å². The quantitative estimate of drug-likeness (QED) is 0.104. The second-order valence-electron chi connectivity index (χ2n) is 9.09. The van der Waals surface area contributed by atoms with Crippen LogP contribution < -0.4 is 9.47 Å². The lowest BCUT2D eigenvalue weighted by atomic mass is 10.0. The van der Waals surface area contributed by atoms with Gasteiger partial charge in [-0.1, -0.05) is 95.5 Å². The normalized spacial score (nSPS) is 11.1. The molecule has 0 atom stereocenters. The molecule has 3 aromatic carbocycles. The smallest absolute Gasteiger partial charge is 0.311 e. The maximum Gasteiger partial charge on any atom is 0.311 e. The monoisotopic (exact) mass is 462 g/mol. The molecule has 0 heterocycles. The van der Waals surface area contributed by atoms with Gasteiger partial charge in [0.05, 0.1) is 0 Å². The number of carbonyl (C=O) groups excluding carboxylic acids is 2. The molecule has 182 valence electrons. The van der Waals surface area contributed by atoms with Crippen molar-refractivity contribution < 1.29 is 19.1 Å². The van der Waals surface area contributed by atoms with Crippen molar-refractivity contribution in [3.63, 3.8) is 0 Å². The molecule has 0 aliphatic carbocycles. The van der Waals surface area contributed by atoms with Gasteiger partial charge in [-0.2, -0.15) is 0 Å². The molecule has 3 aromatic rings. The molecular weight excluding hydrogens is 424 g/mol. The molecule has 0 bridgehead atoms. The second-order valence-corrected chi connectivity index (χ2v) is 9.09. The Morgan fingerprint density at radius 3 is 1.79 bits per heavy atom. The fraction of sp³-hybridized carbons (Fsp3) is 0.467. The zero-order valence-electron chi connectivity index (χ0n) is 20.7. The summed E-state index contributed by atoms with van der Waals surface area (Å²) in [6.45, 7) is 4.34. The summed E-state index contributed by atoms with van der Waals surface area (Å²) in [5.74, 6) is 0.101. The predicted molar refractivity (Wildman–Crippen MR) is 139 cm³/mol. The average Bonchev–Trinajstić information content (AvgIpc) is 2.84. The summed E-state index contributed by atoms with van der Waals surface area (Å²) >= 11 is 0. The molecule has 0 aliphatic heterocycles. The van der Waals surface area contributed by atoms with Crippen LogP contribution in [0.2, 0.25) is 0 Å². The van der Waals surface area contributed by atoms with Crippen LogP contribution in [0.15, 0.2) is 48.5 Å². The van der Waals surface area contributed by atoms with E-state index in [9.17, 15) is 9.59 Å². The number of hydrogen-bond donors (Lipinski definition) is 0. The molecule has 0 N–H and O–H groups in total. The molecule has 0 radical (unpaired) electrons. The molecule has 4 heteroatoms. The number of hydrogen-bond acceptors (Lipinski definition) is 4. The molecule has 0 amide bonds. The van der Waals surface area contributed by atoms with Crippen molar-refractivity contribution in [1.29, 1.82) is 0 Å². The highest BCUT2D eigenvalue weighted by Gasteiger charge is 2.18. The highest BCUT2D eigenvalue weighted by Crippen LogP contribution is 2.38. The number of benzene rings is 3. The minimum atomic E-state index is -0.284. The molecule has 0 unspecified atom stereocenters. The van der Waals surface area contributed by atoms with Crippen molar-refractivity contribution in [3.8, 4) is 11.5 Å². The van der Waals surface area contributed by atoms with Gasteiger partial charge in [-0.05, 0) is 47.2 Å². The number of rotatable bonds is 14. The number of unbranched alkanes of at least 4 members (excludes halogenated alkanes) is 8. The highest BCUT2D eigenvalue weighted by atomic mass is 16.6. The summed E-state index contributed by atoms with van der Waals surface area (Å²) in [5, 5.41) is 3.89. The first-order valence-corrected chi connectivity index (χ1v) is 13.0. The zero-order chi connectivity index (χ0) is 24.2. The Morgan fingerprint density at radius 1 is 0.618 bits per heavy atom. The second kappa shape index (κ2) is 13.7. The summed E-state index contributed by atoms with van der Waals surface area (Å²) < 4.78 is 11.6. The van der Waals surface area contributed by atoms with E-state index in [0.29, 0.717) is 24.3 Å². The van der Waals surface area contributed by atoms with E-state index in [1.54, 1.807) is 6.07 Å². The lowest BCUT2D eigenvalue weighted by Gasteiger charge is -2.14. The molecule has 34 heavy (non-hydrogen) atoms. The van der Waals surface area contributed by atoms with Crippen LogP contribution >= 0.6 is 0 Å². The van der Waals surface area contributed by atoms with Crippen molar-refractivity contribution in [2.75, 3.05) is 0 Å². The maximum atomic E-state index is 12.7. The van der Waals surface area contributed by atoms with Crippen LogP contribution in [0, 0.1) is 0 Å². The van der Waals surface area contributed by atoms with Crippen molar-refractivity contribution in [1.82, 2.24) is 0 Å². The SMILES string of the molecule is CCCCCCCC(=O)Oc1ccc2cc3ccccc3cc2c1OC(=O)CCCCCCC. The van der Waals surface area contributed by atoms with Crippen molar-refractivity contribution in [2.45, 2.75) is 90.9 Å². The molecule has 0 fully saturated rings. The van der Waals surface area contributed by atoms with E-state index in [4.69, 9.17) is 9.47 Å². The van der Waals surface area contributed by atoms with Gasteiger partial charge in [-0.15, -0.1) is 0 Å². The summed E-state index contributed by atoms with van der Waals surface area (Å²) in [6.07, 6.45) is 11.3. The third kappa shape index (κ3) is 7.58. The Labute approximate surface area is 203 Å². The standard InChI is InChI=1S/C30H38O4/c1-3-5-7-9-11-17-28(31)33-27-20-19-25-21-23-15-13-14-16-24(23)22-26(25)30(27)34-29(32)18-12-10-8-6-4-2/h13-16,19-22H,3-12,17-18H2,1-2H3. The lowest BCUT2D eigenvalue weighted by Crippen LogP contribution is -2.12. The van der Waals surface area contributed by atoms with E-state index < -0.39 is 0 Å². The van der Waals surface area contributed by atoms with Crippen molar-refractivity contribution in [3.05, 3.63) is 48.5 Å². The number of fused-ring (bicyclic) bond motifs is 2. The zero-order valence-corrected chi connectivity index (χ0v) is 20.7. The van der Waals surface area contributed by atoms with Crippen LogP contribution in [0.25, 0.3) is 21.5 Å². The Hall–Kier alpha value is -2.88. The first-order chi connectivity index (χ1) is 16.6. The Balaban J connectivity index is 1.79. The predicted octanol–water partition coefficient (Wildman–Crippen LogP) is 8.52. The van der Waals surface area contributed by atoms with Gasteiger partial charge >= 0.3 is 11.9 Å². The third-order valence-electron chi connectivity index (χ3n) is 6.21. The minimum Gasteiger partial charge on any atom is -0.422 e. The van der Waals surface area contributed by atoms with Crippen LogP contribution in [0.3, 0.4) is 0 Å². The van der Waals surface area contributed by atoms with E-state index >= 15 is 0 Å². The topological polar surface area (TPSA) is 52.6 Å². The van der Waals surface area contributed by atoms with Gasteiger partial charge in [0, 0.05) is 18.2 Å². The fourth-order valence-electron chi connectivity index (χ4n) is 4.24. The molecule has 0 aromatic heterocycles. The van der Waals surface area contributed by atoms with Crippen LogP contribution in [-0.4, -0.2) is 11.9 Å². The molecule has 4 nitrogen and oxygen atoms in total. The van der Waals surface area contributed by atoms with Gasteiger partial charge in [0.1, 0.15) is 0 Å². The lowest BCUT2D eigenvalue weighted by molar-refractivity contribution is -0.137. The van der Waals surface area contributed by atoms with Gasteiger partial charge in [0.25, 0.3) is 0 Å². The number of carbonyl (C=O) groups is 2. The van der Waals surface area contributed by atoms with Crippen molar-refractivity contribution in [2.24, 2.45) is 0 Å². The summed E-state index contributed by atoms with van der Waals surface area (Å²) in [6, 6.07) is 15.8. The van der Waals surface area contributed by atoms with Crippen LogP contribution in [0.1, 0.15) is 90.9 Å². The van der Waals surface area contributed by atoms with Crippen LogP contribution in [-0.2, 0) is 9.59 Å². The van der Waals surface area contributed by atoms with Gasteiger partial charge in [0.15, 0.2) is 11.5 Å². The number of esters is 2. The summed E-state index contributed by atoms with van der Waals surface area (Å²) in [4.78, 5) is 25.2. The Kier molecular flexibility index (Phi) is 10.4. The molecule has 3 rings (SSSR count). The largest absolute Gasteiger partial charge is 0.422 e. The molecule has 0 spiro atoms. The fourth-order valence-corrected chi connectivity index (χ4v) is 4.24. The van der Waals surface area contributed by atoms with Crippen LogP contribution in [0.4, 0.5) is 0 Å². The molecule has 0 saturated heterocycles. The Bertz CT molecular complexity index is 1090.